The summed E-state index contributed by atoms with van der Waals surface area (Å²) in [7, 11) is 0. The molecule has 0 aliphatic carbocycles. The quantitative estimate of drug-likeness (QED) is 0.523. The number of rotatable bonds is 3. The molecule has 2 aromatic heterocycles. The van der Waals surface area contributed by atoms with Gasteiger partial charge in [0.15, 0.2) is 0 Å². The number of halogens is 1. The van der Waals surface area contributed by atoms with Gasteiger partial charge in [-0.05, 0) is 48.0 Å². The van der Waals surface area contributed by atoms with E-state index in [9.17, 15) is 0 Å². The van der Waals surface area contributed by atoms with E-state index in [4.69, 9.17) is 16.0 Å². The first-order chi connectivity index (χ1) is 11.8. The number of benzene rings is 2. The molecule has 2 aromatic carbocycles. The monoisotopic (exact) mass is 333 g/mol. The summed E-state index contributed by atoms with van der Waals surface area (Å²) in [6, 6.07) is 17.3. The third kappa shape index (κ3) is 3.05. The van der Waals surface area contributed by atoms with Gasteiger partial charge >= 0.3 is 0 Å². The Balaban J connectivity index is 1.59. The molecule has 0 saturated heterocycles. The highest BCUT2D eigenvalue weighted by molar-refractivity contribution is 6.30. The van der Waals surface area contributed by atoms with E-state index in [1.807, 2.05) is 42.5 Å². The Morgan fingerprint density at radius 1 is 0.917 bits per heavy atom. The number of hydrogen-bond acceptors (Lipinski definition) is 4. The minimum absolute atomic E-state index is 0.441. The first-order valence-corrected chi connectivity index (χ1v) is 7.78. The molecule has 0 saturated carbocycles. The summed E-state index contributed by atoms with van der Waals surface area (Å²) >= 11 is 5.98. The van der Waals surface area contributed by atoms with Crippen molar-refractivity contribution in [3.8, 4) is 11.5 Å². The number of fused-ring (bicyclic) bond motifs is 1. The Morgan fingerprint density at radius 2 is 1.88 bits per heavy atom. The van der Waals surface area contributed by atoms with Crippen LogP contribution in [0.15, 0.2) is 65.2 Å². The summed E-state index contributed by atoms with van der Waals surface area (Å²) in [5.41, 5.74) is 2.81. The summed E-state index contributed by atoms with van der Waals surface area (Å²) in [6.07, 6.45) is 5.51. The Hall–Kier alpha value is -2.98. The largest absolute Gasteiger partial charge is 0.417 e. The SMILES string of the molecule is Clc1cccc(-c2nnc(/C=C/c3ccc4ncccc4c3)o2)c1. The predicted octanol–water partition coefficient (Wildman–Crippen LogP) is 5.11. The first-order valence-electron chi connectivity index (χ1n) is 7.40. The van der Waals surface area contributed by atoms with E-state index in [2.05, 4.69) is 21.2 Å². The molecular weight excluding hydrogens is 322 g/mol. The van der Waals surface area contributed by atoms with Crippen LogP contribution in [-0.4, -0.2) is 15.2 Å². The predicted molar refractivity (Wildman–Crippen MR) is 95.4 cm³/mol. The summed E-state index contributed by atoms with van der Waals surface area (Å²) in [6.45, 7) is 0. The van der Waals surface area contributed by atoms with Gasteiger partial charge < -0.3 is 4.42 Å². The number of pyridine rings is 1. The fourth-order valence-corrected chi connectivity index (χ4v) is 2.60. The molecule has 0 aliphatic rings. The molecule has 0 radical (unpaired) electrons. The summed E-state index contributed by atoms with van der Waals surface area (Å²) in [5, 5.41) is 9.81. The first kappa shape index (κ1) is 14.6. The second-order valence-electron chi connectivity index (χ2n) is 5.24. The normalized spacial score (nSPS) is 11.4. The van der Waals surface area contributed by atoms with Crippen LogP contribution in [0.4, 0.5) is 0 Å². The zero-order chi connectivity index (χ0) is 16.4. The average Bonchev–Trinajstić information content (AvgIpc) is 3.09. The third-order valence-electron chi connectivity index (χ3n) is 3.56. The topological polar surface area (TPSA) is 51.8 Å². The van der Waals surface area contributed by atoms with Crippen molar-refractivity contribution >= 4 is 34.7 Å². The molecule has 4 nitrogen and oxygen atoms in total. The second kappa shape index (κ2) is 6.26. The maximum absolute atomic E-state index is 5.98. The van der Waals surface area contributed by atoms with Crippen LogP contribution in [0.3, 0.4) is 0 Å². The Morgan fingerprint density at radius 3 is 2.79 bits per heavy atom. The fraction of sp³-hybridized carbons (Fsp3) is 0. The molecule has 0 fully saturated rings. The molecule has 0 atom stereocenters. The van der Waals surface area contributed by atoms with Gasteiger partial charge in [0, 0.05) is 28.2 Å². The van der Waals surface area contributed by atoms with Crippen molar-refractivity contribution in [3.63, 3.8) is 0 Å². The maximum atomic E-state index is 5.98. The van der Waals surface area contributed by atoms with Gasteiger partial charge in [0.05, 0.1) is 5.52 Å². The van der Waals surface area contributed by atoms with E-state index < -0.39 is 0 Å². The minimum Gasteiger partial charge on any atom is -0.417 e. The molecule has 2 heterocycles. The molecular formula is C19H12ClN3O. The van der Waals surface area contributed by atoms with Crippen molar-refractivity contribution in [2.75, 3.05) is 0 Å². The van der Waals surface area contributed by atoms with E-state index in [-0.39, 0.29) is 0 Å². The van der Waals surface area contributed by atoms with Gasteiger partial charge in [-0.2, -0.15) is 0 Å². The molecule has 0 bridgehead atoms. The number of hydrogen-bond donors (Lipinski definition) is 0. The number of nitrogens with zero attached hydrogens (tertiary/aromatic N) is 3. The van der Waals surface area contributed by atoms with E-state index in [0.29, 0.717) is 16.8 Å². The van der Waals surface area contributed by atoms with E-state index in [0.717, 1.165) is 22.0 Å². The lowest BCUT2D eigenvalue weighted by Gasteiger charge is -1.97. The van der Waals surface area contributed by atoms with Crippen LogP contribution < -0.4 is 0 Å². The van der Waals surface area contributed by atoms with Crippen LogP contribution in [0.5, 0.6) is 0 Å². The lowest BCUT2D eigenvalue weighted by molar-refractivity contribution is 0.558. The lowest BCUT2D eigenvalue weighted by Crippen LogP contribution is -1.79. The van der Waals surface area contributed by atoms with Crippen molar-refractivity contribution < 1.29 is 4.42 Å². The molecule has 0 unspecified atom stereocenters. The van der Waals surface area contributed by atoms with E-state index >= 15 is 0 Å². The van der Waals surface area contributed by atoms with Crippen molar-refractivity contribution in [2.24, 2.45) is 0 Å². The molecule has 4 rings (SSSR count). The van der Waals surface area contributed by atoms with Crippen molar-refractivity contribution in [3.05, 3.63) is 77.3 Å². The average molecular weight is 334 g/mol. The third-order valence-corrected chi connectivity index (χ3v) is 3.79. The van der Waals surface area contributed by atoms with Crippen LogP contribution in [-0.2, 0) is 0 Å². The van der Waals surface area contributed by atoms with Crippen LogP contribution >= 0.6 is 11.6 Å². The van der Waals surface area contributed by atoms with Gasteiger partial charge in [-0.1, -0.05) is 29.8 Å². The molecule has 116 valence electrons. The van der Waals surface area contributed by atoms with Crippen LogP contribution in [0.2, 0.25) is 5.02 Å². The van der Waals surface area contributed by atoms with E-state index in [1.165, 1.54) is 0 Å². The Labute approximate surface area is 143 Å². The van der Waals surface area contributed by atoms with Gasteiger partial charge in [0.1, 0.15) is 0 Å². The highest BCUT2D eigenvalue weighted by Crippen LogP contribution is 2.22. The molecule has 0 N–H and O–H groups in total. The highest BCUT2D eigenvalue weighted by atomic mass is 35.5. The Kier molecular flexibility index (Phi) is 3.81. The molecule has 4 aromatic rings. The van der Waals surface area contributed by atoms with E-state index in [1.54, 1.807) is 24.4 Å². The Bertz CT molecular complexity index is 1040. The van der Waals surface area contributed by atoms with Gasteiger partial charge in [-0.3, -0.25) is 4.98 Å². The molecule has 5 heteroatoms. The summed E-state index contributed by atoms with van der Waals surface area (Å²) in [5.74, 6) is 0.885. The van der Waals surface area contributed by atoms with Gasteiger partial charge in [-0.25, -0.2) is 0 Å². The summed E-state index contributed by atoms with van der Waals surface area (Å²) in [4.78, 5) is 4.31. The van der Waals surface area contributed by atoms with Crippen LogP contribution in [0.1, 0.15) is 11.5 Å². The minimum atomic E-state index is 0.441. The zero-order valence-corrected chi connectivity index (χ0v) is 13.3. The van der Waals surface area contributed by atoms with Crippen molar-refractivity contribution in [1.29, 1.82) is 0 Å². The van der Waals surface area contributed by atoms with Gasteiger partial charge in [-0.15, -0.1) is 10.2 Å². The van der Waals surface area contributed by atoms with Crippen molar-refractivity contribution in [1.82, 2.24) is 15.2 Å². The zero-order valence-electron chi connectivity index (χ0n) is 12.6. The highest BCUT2D eigenvalue weighted by Gasteiger charge is 2.06. The standard InChI is InChI=1S/C19H12ClN3O/c20-16-5-1-3-15(12-16)19-23-22-18(24-19)9-7-13-6-8-17-14(11-13)4-2-10-21-17/h1-12H/b9-7+. The van der Waals surface area contributed by atoms with Gasteiger partial charge in [0.25, 0.3) is 0 Å². The summed E-state index contributed by atoms with van der Waals surface area (Å²) < 4.78 is 5.65. The second-order valence-corrected chi connectivity index (χ2v) is 5.68. The number of aromatic nitrogens is 3. The molecule has 24 heavy (non-hydrogen) atoms. The molecule has 0 spiro atoms. The van der Waals surface area contributed by atoms with Crippen molar-refractivity contribution in [2.45, 2.75) is 0 Å². The fourth-order valence-electron chi connectivity index (χ4n) is 2.41. The molecule has 0 aliphatic heterocycles. The van der Waals surface area contributed by atoms with Crippen LogP contribution in [0, 0.1) is 0 Å². The van der Waals surface area contributed by atoms with Crippen LogP contribution in [0.25, 0.3) is 34.5 Å². The smallest absolute Gasteiger partial charge is 0.248 e. The maximum Gasteiger partial charge on any atom is 0.248 e. The molecule has 0 amide bonds. The van der Waals surface area contributed by atoms with Gasteiger partial charge in [0.2, 0.25) is 11.8 Å². The lowest BCUT2D eigenvalue weighted by atomic mass is 10.1.